The molecule has 0 aliphatic carbocycles. The quantitative estimate of drug-likeness (QED) is 0.505. The number of ether oxygens (including phenoxy) is 2. The molecule has 1 aliphatic rings. The van der Waals surface area contributed by atoms with Crippen molar-refractivity contribution in [2.24, 2.45) is 0 Å². The lowest BCUT2D eigenvalue weighted by Crippen LogP contribution is -2.23. The number of nitrogens with one attached hydrogen (secondary N) is 1. The minimum Gasteiger partial charge on any atom is -0.493 e. The number of hydrogen-bond donors (Lipinski definition) is 1. The molecule has 1 aliphatic heterocycles. The van der Waals surface area contributed by atoms with Gasteiger partial charge in [-0.25, -0.2) is 0 Å². The predicted molar refractivity (Wildman–Crippen MR) is 125 cm³/mol. The summed E-state index contributed by atoms with van der Waals surface area (Å²) in [6.45, 7) is 3.82. The topological polar surface area (TPSA) is 64.4 Å². The summed E-state index contributed by atoms with van der Waals surface area (Å²) in [6, 6.07) is 10.3. The normalized spacial score (nSPS) is 14.5. The molecule has 1 aromatic carbocycles. The SMILES string of the molecule is COc1ccc(CCNCc2cccn2-c2nnc(N3CCCCCC3)s2)cc1OC. The summed E-state index contributed by atoms with van der Waals surface area (Å²) in [4.78, 5) is 2.39. The fourth-order valence-corrected chi connectivity index (χ4v) is 4.84. The average molecular weight is 442 g/mol. The fourth-order valence-electron chi connectivity index (χ4n) is 3.93. The summed E-state index contributed by atoms with van der Waals surface area (Å²) in [5.41, 5.74) is 2.40. The highest BCUT2D eigenvalue weighted by Gasteiger charge is 2.16. The Morgan fingerprint density at radius 1 is 0.968 bits per heavy atom. The summed E-state index contributed by atoms with van der Waals surface area (Å²) < 4.78 is 12.8. The molecule has 0 spiro atoms. The Morgan fingerprint density at radius 2 is 1.74 bits per heavy atom. The zero-order chi connectivity index (χ0) is 21.5. The Labute approximate surface area is 188 Å². The third-order valence-electron chi connectivity index (χ3n) is 5.66. The standard InChI is InChI=1S/C23H31N5O2S/c1-29-20-10-9-18(16-21(20)30-2)11-12-24-17-19-8-7-15-28(19)23-26-25-22(31-23)27-13-5-3-4-6-14-27/h7-10,15-16,24H,3-6,11-14,17H2,1-2H3. The molecule has 7 nitrogen and oxygen atoms in total. The fraction of sp³-hybridized carbons (Fsp3) is 0.478. The van der Waals surface area contributed by atoms with Gasteiger partial charge in [0.1, 0.15) is 0 Å². The van der Waals surface area contributed by atoms with Crippen LogP contribution in [0, 0.1) is 0 Å². The average Bonchev–Trinajstić information content (AvgIpc) is 3.39. The van der Waals surface area contributed by atoms with E-state index in [-0.39, 0.29) is 0 Å². The van der Waals surface area contributed by atoms with Crippen molar-refractivity contribution in [2.45, 2.75) is 38.6 Å². The first-order chi connectivity index (χ1) is 15.3. The number of rotatable bonds is 9. The van der Waals surface area contributed by atoms with Crippen LogP contribution in [-0.2, 0) is 13.0 Å². The number of anilines is 1. The van der Waals surface area contributed by atoms with Gasteiger partial charge >= 0.3 is 0 Å². The van der Waals surface area contributed by atoms with E-state index in [2.05, 4.69) is 49.4 Å². The Morgan fingerprint density at radius 3 is 2.52 bits per heavy atom. The second kappa shape index (κ2) is 10.6. The second-order valence-corrected chi connectivity index (χ2v) is 8.69. The van der Waals surface area contributed by atoms with Gasteiger partial charge in [-0.2, -0.15) is 0 Å². The maximum atomic E-state index is 5.40. The molecule has 0 bridgehead atoms. The van der Waals surface area contributed by atoms with Crippen LogP contribution in [0.2, 0.25) is 0 Å². The van der Waals surface area contributed by atoms with Gasteiger partial charge in [0.05, 0.1) is 14.2 Å². The molecule has 0 unspecified atom stereocenters. The van der Waals surface area contributed by atoms with E-state index in [0.29, 0.717) is 0 Å². The summed E-state index contributed by atoms with van der Waals surface area (Å²) >= 11 is 1.68. The van der Waals surface area contributed by atoms with Crippen LogP contribution in [0.1, 0.15) is 36.9 Å². The smallest absolute Gasteiger partial charge is 0.218 e. The van der Waals surface area contributed by atoms with Gasteiger partial charge in [0.2, 0.25) is 10.3 Å². The molecule has 0 radical (unpaired) electrons. The predicted octanol–water partition coefficient (Wildman–Crippen LogP) is 4.06. The van der Waals surface area contributed by atoms with Gasteiger partial charge in [0, 0.05) is 31.5 Å². The molecule has 166 valence electrons. The molecule has 0 saturated carbocycles. The van der Waals surface area contributed by atoms with Gasteiger partial charge in [-0.15, -0.1) is 10.2 Å². The first-order valence-corrected chi connectivity index (χ1v) is 11.8. The van der Waals surface area contributed by atoms with Crippen molar-refractivity contribution in [3.05, 3.63) is 47.8 Å². The van der Waals surface area contributed by atoms with E-state index >= 15 is 0 Å². The number of aromatic nitrogens is 3. The van der Waals surface area contributed by atoms with Gasteiger partial charge in [0.15, 0.2) is 11.5 Å². The number of methoxy groups -OCH3 is 2. The highest BCUT2D eigenvalue weighted by molar-refractivity contribution is 7.17. The van der Waals surface area contributed by atoms with Crippen LogP contribution in [-0.4, -0.2) is 48.6 Å². The maximum absolute atomic E-state index is 5.40. The summed E-state index contributed by atoms with van der Waals surface area (Å²) in [6.07, 6.45) is 8.11. The van der Waals surface area contributed by atoms with Crippen molar-refractivity contribution in [3.63, 3.8) is 0 Å². The first kappa shape index (κ1) is 21.6. The molecule has 4 rings (SSSR count). The molecule has 1 fully saturated rings. The van der Waals surface area contributed by atoms with Crippen molar-refractivity contribution in [1.29, 1.82) is 0 Å². The van der Waals surface area contributed by atoms with Gasteiger partial charge in [-0.05, 0) is 55.6 Å². The molecular formula is C23H31N5O2S. The molecule has 2 aromatic heterocycles. The van der Waals surface area contributed by atoms with Gasteiger partial charge in [0.25, 0.3) is 0 Å². The zero-order valence-corrected chi connectivity index (χ0v) is 19.2. The van der Waals surface area contributed by atoms with E-state index in [4.69, 9.17) is 9.47 Å². The molecule has 0 atom stereocenters. The van der Waals surface area contributed by atoms with Crippen LogP contribution >= 0.6 is 11.3 Å². The Hall–Kier alpha value is -2.58. The molecule has 3 heterocycles. The Bertz CT molecular complexity index is 963. The largest absolute Gasteiger partial charge is 0.493 e. The summed E-state index contributed by atoms with van der Waals surface area (Å²) in [7, 11) is 3.32. The highest BCUT2D eigenvalue weighted by atomic mass is 32.1. The van der Waals surface area contributed by atoms with E-state index in [0.717, 1.165) is 54.4 Å². The van der Waals surface area contributed by atoms with Crippen molar-refractivity contribution < 1.29 is 9.47 Å². The molecule has 3 aromatic rings. The van der Waals surface area contributed by atoms with Crippen LogP contribution in [0.4, 0.5) is 5.13 Å². The van der Waals surface area contributed by atoms with E-state index in [9.17, 15) is 0 Å². The lowest BCUT2D eigenvalue weighted by Gasteiger charge is -2.17. The van der Waals surface area contributed by atoms with Crippen molar-refractivity contribution in [3.8, 4) is 16.6 Å². The van der Waals surface area contributed by atoms with E-state index in [1.165, 1.54) is 36.9 Å². The van der Waals surface area contributed by atoms with Crippen LogP contribution in [0.3, 0.4) is 0 Å². The van der Waals surface area contributed by atoms with Gasteiger partial charge in [-0.3, -0.25) is 4.57 Å². The van der Waals surface area contributed by atoms with Crippen LogP contribution in [0.15, 0.2) is 36.5 Å². The molecule has 31 heavy (non-hydrogen) atoms. The van der Waals surface area contributed by atoms with E-state index in [1.54, 1.807) is 25.6 Å². The van der Waals surface area contributed by atoms with Crippen molar-refractivity contribution in [1.82, 2.24) is 20.1 Å². The van der Waals surface area contributed by atoms with Gasteiger partial charge < -0.3 is 19.7 Å². The maximum Gasteiger partial charge on any atom is 0.218 e. The molecule has 1 saturated heterocycles. The lowest BCUT2D eigenvalue weighted by molar-refractivity contribution is 0.354. The molecule has 1 N–H and O–H groups in total. The van der Waals surface area contributed by atoms with E-state index < -0.39 is 0 Å². The summed E-state index contributed by atoms with van der Waals surface area (Å²) in [5.74, 6) is 1.53. The minimum absolute atomic E-state index is 0.758. The van der Waals surface area contributed by atoms with Crippen LogP contribution in [0.25, 0.3) is 5.13 Å². The Kier molecular flexibility index (Phi) is 7.43. The number of benzene rings is 1. The van der Waals surface area contributed by atoms with Crippen molar-refractivity contribution in [2.75, 3.05) is 38.8 Å². The molecule has 8 heteroatoms. The highest BCUT2D eigenvalue weighted by Crippen LogP contribution is 2.28. The van der Waals surface area contributed by atoms with Crippen LogP contribution < -0.4 is 19.7 Å². The molecular weight excluding hydrogens is 410 g/mol. The molecule has 0 amide bonds. The third kappa shape index (κ3) is 5.37. The Balaban J connectivity index is 1.33. The zero-order valence-electron chi connectivity index (χ0n) is 18.3. The van der Waals surface area contributed by atoms with Gasteiger partial charge in [-0.1, -0.05) is 30.2 Å². The lowest BCUT2D eigenvalue weighted by atomic mass is 10.1. The summed E-state index contributed by atoms with van der Waals surface area (Å²) in [5, 5.41) is 14.5. The van der Waals surface area contributed by atoms with E-state index in [1.807, 2.05) is 12.1 Å². The number of hydrogen-bond acceptors (Lipinski definition) is 7. The monoisotopic (exact) mass is 441 g/mol. The first-order valence-electron chi connectivity index (χ1n) is 10.9. The minimum atomic E-state index is 0.758. The van der Waals surface area contributed by atoms with Crippen molar-refractivity contribution >= 4 is 16.5 Å². The van der Waals surface area contributed by atoms with Crippen LogP contribution in [0.5, 0.6) is 11.5 Å². The third-order valence-corrected chi connectivity index (χ3v) is 6.65. The number of nitrogens with zero attached hydrogens (tertiary/aromatic N) is 4. The second-order valence-electron chi connectivity index (χ2n) is 7.75.